The number of phenolic OH excluding ortho intramolecular Hbond substituents is 1. The van der Waals surface area contributed by atoms with E-state index in [1.807, 2.05) is 6.07 Å². The lowest BCUT2D eigenvalue weighted by Gasteiger charge is -2.19. The average molecular weight is 477 g/mol. The number of aromatic hydroxyl groups is 1. The lowest BCUT2D eigenvalue weighted by atomic mass is 10.0. The topological polar surface area (TPSA) is 113 Å². The van der Waals surface area contributed by atoms with Crippen molar-refractivity contribution in [2.45, 2.75) is 17.4 Å². The maximum Gasteiger partial charge on any atom is 0.264 e. The van der Waals surface area contributed by atoms with Crippen LogP contribution in [0.4, 0.5) is 10.1 Å². The molecule has 0 spiro atoms. The summed E-state index contributed by atoms with van der Waals surface area (Å²) in [5, 5.41) is 15.1. The molecule has 0 radical (unpaired) electrons. The molecule has 0 bridgehead atoms. The van der Waals surface area contributed by atoms with Crippen LogP contribution in [0.2, 0.25) is 0 Å². The molecule has 166 valence electrons. The van der Waals surface area contributed by atoms with Gasteiger partial charge in [0.15, 0.2) is 0 Å². The van der Waals surface area contributed by atoms with Crippen molar-refractivity contribution < 1.29 is 27.5 Å². The second kappa shape index (κ2) is 9.80. The first-order valence-electron chi connectivity index (χ1n) is 9.32. The molecule has 3 N–H and O–H groups in total. The predicted octanol–water partition coefficient (Wildman–Crippen LogP) is 3.44. The molecule has 2 amide bonds. The molecule has 3 rings (SSSR count). The van der Waals surface area contributed by atoms with Gasteiger partial charge in [-0.25, -0.2) is 12.8 Å². The molecule has 0 fully saturated rings. The van der Waals surface area contributed by atoms with Crippen LogP contribution in [-0.2, 0) is 20.3 Å². The molecular weight excluding hydrogens is 459 g/mol. The zero-order chi connectivity index (χ0) is 23.3. The third-order valence-electron chi connectivity index (χ3n) is 4.50. The number of carbonyl (C=O) groups excluding carboxylic acids is 2. The molecule has 0 aromatic heterocycles. The summed E-state index contributed by atoms with van der Waals surface area (Å²) in [6.07, 6.45) is 0.153. The van der Waals surface area contributed by atoms with Crippen molar-refractivity contribution in [3.8, 4) is 5.75 Å². The minimum Gasteiger partial charge on any atom is -0.506 e. The van der Waals surface area contributed by atoms with Crippen LogP contribution in [0.5, 0.6) is 5.75 Å². The molecule has 1 unspecified atom stereocenters. The molecule has 0 aliphatic rings. The highest BCUT2D eigenvalue weighted by Crippen LogP contribution is 2.28. The number of carbonyl (C=O) groups is 2. The second-order valence-electron chi connectivity index (χ2n) is 6.83. The van der Waals surface area contributed by atoms with Crippen molar-refractivity contribution in [1.82, 2.24) is 5.32 Å². The molecule has 3 aromatic rings. The summed E-state index contributed by atoms with van der Waals surface area (Å²) < 4.78 is 36.0. The fraction of sp³-hybridized carbons (Fsp3) is 0.0909. The van der Waals surface area contributed by atoms with E-state index in [0.717, 1.165) is 29.8 Å². The Hall–Kier alpha value is -3.43. The first kappa shape index (κ1) is 23.2. The molecule has 1 atom stereocenters. The summed E-state index contributed by atoms with van der Waals surface area (Å²) in [5.41, 5.74) is 1.05. The number of benzene rings is 3. The summed E-state index contributed by atoms with van der Waals surface area (Å²) in [6.45, 7) is 0. The Balaban J connectivity index is 1.82. The Morgan fingerprint density at radius 2 is 1.66 bits per heavy atom. The number of hydrogen-bond donors (Lipinski definition) is 3. The Bertz CT molecular complexity index is 1230. The Kier molecular flexibility index (Phi) is 7.12. The summed E-state index contributed by atoms with van der Waals surface area (Å²) in [6, 6.07) is 16.2. The highest BCUT2D eigenvalue weighted by Gasteiger charge is 2.23. The number of nitrogens with one attached hydrogen (secondary N) is 2. The summed E-state index contributed by atoms with van der Waals surface area (Å²) in [4.78, 5) is 25.0. The van der Waals surface area contributed by atoms with Gasteiger partial charge in [0.1, 0.15) is 22.5 Å². The van der Waals surface area contributed by atoms with Crippen LogP contribution in [0, 0.1) is 5.82 Å². The average Bonchev–Trinajstić information content (AvgIpc) is 2.73. The van der Waals surface area contributed by atoms with Crippen molar-refractivity contribution in [3.63, 3.8) is 0 Å². The summed E-state index contributed by atoms with van der Waals surface area (Å²) >= 11 is 0. The van der Waals surface area contributed by atoms with Gasteiger partial charge in [0.25, 0.3) is 15.0 Å². The number of phenols is 1. The van der Waals surface area contributed by atoms with Gasteiger partial charge in [0.2, 0.25) is 5.91 Å². The van der Waals surface area contributed by atoms with Gasteiger partial charge in [-0.1, -0.05) is 30.3 Å². The van der Waals surface area contributed by atoms with Gasteiger partial charge in [-0.05, 0) is 42.0 Å². The first-order valence-corrected chi connectivity index (χ1v) is 11.6. The molecule has 0 saturated carbocycles. The van der Waals surface area contributed by atoms with Crippen molar-refractivity contribution in [3.05, 3.63) is 89.7 Å². The van der Waals surface area contributed by atoms with Crippen molar-refractivity contribution in [1.29, 1.82) is 0 Å². The first-order chi connectivity index (χ1) is 15.1. The molecule has 7 nitrogen and oxygen atoms in total. The highest BCUT2D eigenvalue weighted by atomic mass is 35.7. The lowest BCUT2D eigenvalue weighted by Crippen LogP contribution is -2.45. The van der Waals surface area contributed by atoms with Crippen LogP contribution in [-0.4, -0.2) is 31.4 Å². The summed E-state index contributed by atoms with van der Waals surface area (Å²) in [5.74, 6) is -2.31. The van der Waals surface area contributed by atoms with Crippen LogP contribution < -0.4 is 10.6 Å². The summed E-state index contributed by atoms with van der Waals surface area (Å²) in [7, 11) is 1.08. The maximum absolute atomic E-state index is 13.1. The SMILES string of the molecule is O=C(NC(Cc1ccccc1)C(=O)Nc1ccc(S(=O)(=O)Cl)c(O)c1)c1ccc(F)cc1. The minimum absolute atomic E-state index is 0.102. The van der Waals surface area contributed by atoms with Gasteiger partial charge < -0.3 is 15.7 Å². The molecule has 0 aliphatic heterocycles. The molecule has 32 heavy (non-hydrogen) atoms. The van der Waals surface area contributed by atoms with Gasteiger partial charge in [0, 0.05) is 34.4 Å². The third kappa shape index (κ3) is 6.05. The van der Waals surface area contributed by atoms with Gasteiger partial charge in [-0.15, -0.1) is 0 Å². The van der Waals surface area contributed by atoms with Crippen LogP contribution in [0.1, 0.15) is 15.9 Å². The van der Waals surface area contributed by atoms with Crippen molar-refractivity contribution >= 4 is 37.2 Å². The smallest absolute Gasteiger partial charge is 0.264 e. The monoisotopic (exact) mass is 476 g/mol. The van der Waals surface area contributed by atoms with Gasteiger partial charge >= 0.3 is 0 Å². The van der Waals surface area contributed by atoms with E-state index in [1.165, 1.54) is 18.2 Å². The number of rotatable bonds is 7. The number of hydrogen-bond acceptors (Lipinski definition) is 5. The van der Waals surface area contributed by atoms with Gasteiger partial charge in [0.05, 0.1) is 0 Å². The Morgan fingerprint density at radius 1 is 1.00 bits per heavy atom. The van der Waals surface area contributed by atoms with E-state index in [1.54, 1.807) is 24.3 Å². The van der Waals surface area contributed by atoms with E-state index in [9.17, 15) is 27.5 Å². The second-order valence-corrected chi connectivity index (χ2v) is 9.37. The van der Waals surface area contributed by atoms with E-state index >= 15 is 0 Å². The standard InChI is InChI=1S/C22H18ClFN2O5S/c23-32(30,31)20-11-10-17(13-19(20)27)25-22(29)18(12-14-4-2-1-3-5-14)26-21(28)15-6-8-16(24)9-7-15/h1-11,13,18,27H,12H2,(H,25,29)(H,26,28). The third-order valence-corrected chi connectivity index (χ3v) is 5.87. The van der Waals surface area contributed by atoms with E-state index in [4.69, 9.17) is 10.7 Å². The molecular formula is C22H18ClFN2O5S. The zero-order valence-electron chi connectivity index (χ0n) is 16.5. The fourth-order valence-electron chi connectivity index (χ4n) is 2.93. The highest BCUT2D eigenvalue weighted by molar-refractivity contribution is 8.13. The predicted molar refractivity (Wildman–Crippen MR) is 118 cm³/mol. The van der Waals surface area contributed by atoms with Crippen LogP contribution in [0.3, 0.4) is 0 Å². The quantitative estimate of drug-likeness (QED) is 0.452. The van der Waals surface area contributed by atoms with Crippen LogP contribution in [0.15, 0.2) is 77.7 Å². The zero-order valence-corrected chi connectivity index (χ0v) is 18.0. The largest absolute Gasteiger partial charge is 0.506 e. The maximum atomic E-state index is 13.1. The van der Waals surface area contributed by atoms with E-state index in [0.29, 0.717) is 0 Å². The number of amides is 2. The van der Waals surface area contributed by atoms with E-state index in [2.05, 4.69) is 10.6 Å². The normalized spacial score (nSPS) is 12.1. The van der Waals surface area contributed by atoms with E-state index < -0.39 is 43.4 Å². The molecule has 0 aliphatic carbocycles. The molecule has 0 saturated heterocycles. The van der Waals surface area contributed by atoms with E-state index in [-0.39, 0.29) is 17.7 Å². The fourth-order valence-corrected chi connectivity index (χ4v) is 3.86. The van der Waals surface area contributed by atoms with Crippen LogP contribution in [0.25, 0.3) is 0 Å². The van der Waals surface area contributed by atoms with Crippen molar-refractivity contribution in [2.24, 2.45) is 0 Å². The molecule has 10 heteroatoms. The van der Waals surface area contributed by atoms with Crippen molar-refractivity contribution in [2.75, 3.05) is 5.32 Å². The lowest BCUT2D eigenvalue weighted by molar-refractivity contribution is -0.118. The molecule has 0 heterocycles. The van der Waals surface area contributed by atoms with Gasteiger partial charge in [-0.3, -0.25) is 9.59 Å². The van der Waals surface area contributed by atoms with Crippen LogP contribution >= 0.6 is 10.7 Å². The van der Waals surface area contributed by atoms with Gasteiger partial charge in [-0.2, -0.15) is 0 Å². The number of anilines is 1. The number of halogens is 2. The minimum atomic E-state index is -4.16. The molecule has 3 aromatic carbocycles. The Morgan fingerprint density at radius 3 is 2.25 bits per heavy atom. The Labute approximate surface area is 188 Å².